The van der Waals surface area contributed by atoms with Crippen molar-refractivity contribution in [3.05, 3.63) is 95.6 Å². The third kappa shape index (κ3) is 5.13. The Balaban J connectivity index is 2.14. The van der Waals surface area contributed by atoms with Crippen LogP contribution in [0.4, 0.5) is 22.0 Å². The second kappa shape index (κ2) is 9.08. The SMILES string of the molecule is Cc1ccc(S(=O)(=O)NC(c2ccc(C(F)(F)F)cc2)C(F)(F)S(=O)(=O)c2ccccc2)cc1. The summed E-state index contributed by atoms with van der Waals surface area (Å²) >= 11 is 0. The molecule has 0 spiro atoms. The van der Waals surface area contributed by atoms with Crippen LogP contribution in [0.2, 0.25) is 0 Å². The van der Waals surface area contributed by atoms with Crippen LogP contribution in [-0.2, 0) is 26.0 Å². The van der Waals surface area contributed by atoms with E-state index in [1.165, 1.54) is 30.3 Å². The molecule has 0 heterocycles. The molecule has 0 radical (unpaired) electrons. The van der Waals surface area contributed by atoms with Gasteiger partial charge in [-0.05, 0) is 48.9 Å². The normalized spacial score (nSPS) is 14.1. The smallest absolute Gasteiger partial charge is 0.217 e. The molecule has 0 saturated carbocycles. The summed E-state index contributed by atoms with van der Waals surface area (Å²) in [6.45, 7) is 1.66. The monoisotopic (exact) mass is 519 g/mol. The van der Waals surface area contributed by atoms with E-state index in [9.17, 15) is 30.0 Å². The summed E-state index contributed by atoms with van der Waals surface area (Å²) in [5.41, 5.74) is -1.17. The summed E-state index contributed by atoms with van der Waals surface area (Å²) in [7, 11) is -10.2. The maximum absolute atomic E-state index is 15.5. The molecule has 0 aromatic heterocycles. The maximum Gasteiger partial charge on any atom is 0.416 e. The summed E-state index contributed by atoms with van der Waals surface area (Å²) in [5, 5.41) is -4.77. The van der Waals surface area contributed by atoms with Gasteiger partial charge in [-0.2, -0.15) is 26.7 Å². The number of halogens is 5. The average molecular weight is 520 g/mol. The molecular weight excluding hydrogens is 501 g/mol. The summed E-state index contributed by atoms with van der Waals surface area (Å²) in [5.74, 6) is 0. The fourth-order valence-corrected chi connectivity index (χ4v) is 5.68. The fraction of sp³-hybridized carbons (Fsp3) is 0.182. The summed E-state index contributed by atoms with van der Waals surface area (Å²) in [4.78, 5) is -1.21. The van der Waals surface area contributed by atoms with E-state index in [-0.39, 0.29) is 0 Å². The van der Waals surface area contributed by atoms with E-state index < -0.39 is 58.3 Å². The molecule has 3 aromatic carbocycles. The van der Waals surface area contributed by atoms with Crippen LogP contribution in [-0.4, -0.2) is 22.1 Å². The van der Waals surface area contributed by atoms with Gasteiger partial charge in [-0.15, -0.1) is 0 Å². The summed E-state index contributed by atoms with van der Waals surface area (Å²) in [6, 6.07) is 10.1. The first-order chi connectivity index (χ1) is 15.7. The zero-order valence-electron chi connectivity index (χ0n) is 17.4. The van der Waals surface area contributed by atoms with Crippen LogP contribution in [0, 0.1) is 6.92 Å². The lowest BCUT2D eigenvalue weighted by molar-refractivity contribution is -0.137. The van der Waals surface area contributed by atoms with Gasteiger partial charge >= 0.3 is 11.4 Å². The van der Waals surface area contributed by atoms with Crippen LogP contribution in [0.15, 0.2) is 88.7 Å². The Bertz CT molecular complexity index is 1360. The minimum Gasteiger partial charge on any atom is -0.217 e. The zero-order chi connectivity index (χ0) is 25.4. The third-order valence-corrected chi connectivity index (χ3v) is 8.21. The van der Waals surface area contributed by atoms with Gasteiger partial charge in [0.15, 0.2) is 0 Å². The van der Waals surface area contributed by atoms with Gasteiger partial charge in [0.1, 0.15) is 6.04 Å². The molecule has 0 aliphatic carbocycles. The highest BCUT2D eigenvalue weighted by molar-refractivity contribution is 7.92. The van der Waals surface area contributed by atoms with Gasteiger partial charge in [0.2, 0.25) is 19.9 Å². The number of alkyl halides is 5. The molecule has 1 N–H and O–H groups in total. The Morgan fingerprint density at radius 1 is 0.706 bits per heavy atom. The van der Waals surface area contributed by atoms with Crippen LogP contribution >= 0.6 is 0 Å². The highest BCUT2D eigenvalue weighted by atomic mass is 32.2. The molecule has 3 rings (SSSR count). The van der Waals surface area contributed by atoms with Crippen molar-refractivity contribution < 1.29 is 38.8 Å². The van der Waals surface area contributed by atoms with Gasteiger partial charge in [-0.1, -0.05) is 48.0 Å². The molecule has 0 saturated heterocycles. The Kier molecular flexibility index (Phi) is 6.89. The first-order valence-electron chi connectivity index (χ1n) is 9.60. The maximum atomic E-state index is 15.5. The molecule has 12 heteroatoms. The van der Waals surface area contributed by atoms with Crippen molar-refractivity contribution in [2.24, 2.45) is 0 Å². The van der Waals surface area contributed by atoms with Gasteiger partial charge < -0.3 is 0 Å². The van der Waals surface area contributed by atoms with Crippen LogP contribution in [0.1, 0.15) is 22.7 Å². The van der Waals surface area contributed by atoms with E-state index in [1.807, 2.05) is 0 Å². The third-order valence-electron chi connectivity index (χ3n) is 4.92. The average Bonchev–Trinajstić information content (AvgIpc) is 2.77. The van der Waals surface area contributed by atoms with Crippen LogP contribution in [0.3, 0.4) is 0 Å². The topological polar surface area (TPSA) is 80.3 Å². The lowest BCUT2D eigenvalue weighted by Gasteiger charge is -2.28. The molecule has 3 aromatic rings. The first kappa shape index (κ1) is 25.8. The number of nitrogens with one attached hydrogen (secondary N) is 1. The Morgan fingerprint density at radius 3 is 1.74 bits per heavy atom. The second-order valence-electron chi connectivity index (χ2n) is 7.37. The highest BCUT2D eigenvalue weighted by Gasteiger charge is 2.55. The van der Waals surface area contributed by atoms with E-state index in [0.717, 1.165) is 24.3 Å². The minimum absolute atomic E-state index is 0.428. The highest BCUT2D eigenvalue weighted by Crippen LogP contribution is 2.41. The minimum atomic E-state index is -5.47. The number of sulfonamides is 1. The van der Waals surface area contributed by atoms with Crippen molar-refractivity contribution >= 4 is 19.9 Å². The Hall–Kier alpha value is -2.83. The van der Waals surface area contributed by atoms with Gasteiger partial charge in [0.25, 0.3) is 0 Å². The van der Waals surface area contributed by atoms with E-state index in [0.29, 0.717) is 29.8 Å². The Labute approximate surface area is 193 Å². The number of rotatable bonds is 7. The van der Waals surface area contributed by atoms with Crippen molar-refractivity contribution in [2.75, 3.05) is 0 Å². The van der Waals surface area contributed by atoms with Crippen LogP contribution < -0.4 is 4.72 Å². The van der Waals surface area contributed by atoms with Gasteiger partial charge in [0, 0.05) is 0 Å². The zero-order valence-corrected chi connectivity index (χ0v) is 19.1. The predicted molar refractivity (Wildman–Crippen MR) is 114 cm³/mol. The summed E-state index contributed by atoms with van der Waals surface area (Å²) in [6.07, 6.45) is -4.78. The number of sulfone groups is 1. The van der Waals surface area contributed by atoms with Crippen molar-refractivity contribution in [3.63, 3.8) is 0 Å². The van der Waals surface area contributed by atoms with Crippen LogP contribution in [0.5, 0.6) is 0 Å². The number of hydrogen-bond donors (Lipinski definition) is 1. The van der Waals surface area contributed by atoms with E-state index in [4.69, 9.17) is 0 Å². The fourth-order valence-electron chi connectivity index (χ4n) is 3.05. The van der Waals surface area contributed by atoms with Gasteiger partial charge in [0.05, 0.1) is 15.4 Å². The summed E-state index contributed by atoms with van der Waals surface area (Å²) < 4.78 is 123. The van der Waals surface area contributed by atoms with Crippen molar-refractivity contribution in [2.45, 2.75) is 34.2 Å². The number of aryl methyl sites for hydroxylation is 1. The lowest BCUT2D eigenvalue weighted by Crippen LogP contribution is -2.45. The Morgan fingerprint density at radius 2 is 1.24 bits per heavy atom. The lowest BCUT2D eigenvalue weighted by atomic mass is 10.1. The molecule has 0 fully saturated rings. The molecule has 0 aliphatic heterocycles. The van der Waals surface area contributed by atoms with Crippen molar-refractivity contribution in [1.29, 1.82) is 0 Å². The number of hydrogen-bond acceptors (Lipinski definition) is 4. The molecule has 1 atom stereocenters. The van der Waals surface area contributed by atoms with E-state index in [2.05, 4.69) is 0 Å². The molecule has 0 aliphatic rings. The van der Waals surface area contributed by atoms with Crippen LogP contribution in [0.25, 0.3) is 0 Å². The van der Waals surface area contributed by atoms with E-state index >= 15 is 8.78 Å². The second-order valence-corrected chi connectivity index (χ2v) is 11.1. The largest absolute Gasteiger partial charge is 0.416 e. The van der Waals surface area contributed by atoms with Crippen molar-refractivity contribution in [1.82, 2.24) is 4.72 Å². The molecule has 1 unspecified atom stereocenters. The number of benzene rings is 3. The molecule has 182 valence electrons. The molecule has 0 bridgehead atoms. The van der Waals surface area contributed by atoms with Gasteiger partial charge in [-0.25, -0.2) is 16.8 Å². The molecule has 5 nitrogen and oxygen atoms in total. The predicted octanol–water partition coefficient (Wildman–Crippen LogP) is 5.10. The van der Waals surface area contributed by atoms with Crippen molar-refractivity contribution in [3.8, 4) is 0 Å². The molecular formula is C22H18F5NO4S2. The first-order valence-corrected chi connectivity index (χ1v) is 12.6. The standard InChI is InChI=1S/C22H18F5NO4S2/c1-15-7-13-19(14-8-15)34(31,32)28-20(16-9-11-17(12-10-16)21(23,24)25)22(26,27)33(29,30)18-5-3-2-4-6-18/h2-14,20,28H,1H3. The molecule has 0 amide bonds. The van der Waals surface area contributed by atoms with Gasteiger partial charge in [-0.3, -0.25) is 0 Å². The molecule has 34 heavy (non-hydrogen) atoms. The van der Waals surface area contributed by atoms with E-state index in [1.54, 1.807) is 11.6 Å². The quantitative estimate of drug-likeness (QED) is 0.441.